The first-order valence-electron chi connectivity index (χ1n) is 5.60. The third-order valence-corrected chi connectivity index (χ3v) is 3.46. The summed E-state index contributed by atoms with van der Waals surface area (Å²) in [7, 11) is 0. The van der Waals surface area contributed by atoms with Crippen molar-refractivity contribution in [2.75, 3.05) is 5.32 Å². The highest BCUT2D eigenvalue weighted by Crippen LogP contribution is 2.27. The third kappa shape index (κ3) is 3.29. The van der Waals surface area contributed by atoms with Gasteiger partial charge in [-0.3, -0.25) is 0 Å². The molecule has 3 rings (SSSR count). The van der Waals surface area contributed by atoms with Gasteiger partial charge in [-0.2, -0.15) is 24.7 Å². The van der Waals surface area contributed by atoms with Crippen LogP contribution < -0.4 is 5.32 Å². The molecule has 0 spiro atoms. The van der Waals surface area contributed by atoms with Gasteiger partial charge in [0, 0.05) is 9.50 Å². The number of anilines is 2. The number of rotatable bonds is 3. The van der Waals surface area contributed by atoms with Crippen molar-refractivity contribution < 1.29 is 0 Å². The van der Waals surface area contributed by atoms with Crippen molar-refractivity contribution in [1.82, 2.24) is 29.7 Å². The summed E-state index contributed by atoms with van der Waals surface area (Å²) in [4.78, 5) is 16.1. The Morgan fingerprint density at radius 1 is 1.14 bits per heavy atom. The number of hydrogen-bond acceptors (Lipinski definition) is 6. The molecule has 2 aromatic heterocycles. The van der Waals surface area contributed by atoms with Crippen molar-refractivity contribution in [1.29, 1.82) is 0 Å². The highest BCUT2D eigenvalue weighted by Gasteiger charge is 2.09. The highest BCUT2D eigenvalue weighted by atomic mass is 79.9. The molecular weight excluding hydrogens is 381 g/mol. The lowest BCUT2D eigenvalue weighted by Crippen LogP contribution is -2.07. The van der Waals surface area contributed by atoms with Crippen LogP contribution in [0.2, 0.25) is 10.3 Å². The average molecular weight is 387 g/mol. The smallest absolute Gasteiger partial charge is 0.258 e. The standard InChI is InChI=1S/C11H6BrCl2N7/c12-7-3-6(13)1-2-8(7)17-10-18-9(14)19-11(20-10)21-5-15-4-16-21/h1-5H,(H,17,18,19,20). The molecule has 0 saturated heterocycles. The number of aromatic nitrogens is 6. The first-order chi connectivity index (χ1) is 10.1. The van der Waals surface area contributed by atoms with E-state index in [1.807, 2.05) is 0 Å². The number of nitrogens with zero attached hydrogens (tertiary/aromatic N) is 6. The fourth-order valence-corrected chi connectivity index (χ4v) is 2.46. The van der Waals surface area contributed by atoms with E-state index in [1.165, 1.54) is 17.3 Å². The van der Waals surface area contributed by atoms with Gasteiger partial charge in [0.2, 0.25) is 11.2 Å². The van der Waals surface area contributed by atoms with Crippen LogP contribution >= 0.6 is 39.1 Å². The lowest BCUT2D eigenvalue weighted by molar-refractivity contribution is 0.796. The van der Waals surface area contributed by atoms with Crippen LogP contribution in [0.5, 0.6) is 0 Å². The quantitative estimate of drug-likeness (QED) is 0.743. The predicted molar refractivity (Wildman–Crippen MR) is 82.2 cm³/mol. The second-order valence-electron chi connectivity index (χ2n) is 3.82. The molecule has 3 aromatic rings. The Labute approximate surface area is 137 Å². The minimum atomic E-state index is 0.0445. The Kier molecular flexibility index (Phi) is 4.00. The molecule has 1 aromatic carbocycles. The monoisotopic (exact) mass is 385 g/mol. The van der Waals surface area contributed by atoms with Gasteiger partial charge in [-0.15, -0.1) is 0 Å². The molecule has 0 atom stereocenters. The fraction of sp³-hybridized carbons (Fsp3) is 0. The number of benzene rings is 1. The molecule has 7 nitrogen and oxygen atoms in total. The minimum Gasteiger partial charge on any atom is -0.323 e. The summed E-state index contributed by atoms with van der Waals surface area (Å²) in [6.07, 6.45) is 2.84. The highest BCUT2D eigenvalue weighted by molar-refractivity contribution is 9.10. The summed E-state index contributed by atoms with van der Waals surface area (Å²) in [5.74, 6) is 0.545. The maximum absolute atomic E-state index is 5.90. The summed E-state index contributed by atoms with van der Waals surface area (Å²) in [5.41, 5.74) is 0.742. The molecule has 1 N–H and O–H groups in total. The lowest BCUT2D eigenvalue weighted by atomic mass is 10.3. The maximum Gasteiger partial charge on any atom is 0.258 e. The van der Waals surface area contributed by atoms with Crippen LogP contribution in [0.3, 0.4) is 0 Å². The second kappa shape index (κ2) is 5.92. The predicted octanol–water partition coefficient (Wildman–Crippen LogP) is 3.27. The maximum atomic E-state index is 5.90. The van der Waals surface area contributed by atoms with E-state index < -0.39 is 0 Å². The Morgan fingerprint density at radius 3 is 2.71 bits per heavy atom. The summed E-state index contributed by atoms with van der Waals surface area (Å²) >= 11 is 15.2. The normalized spacial score (nSPS) is 10.6. The van der Waals surface area contributed by atoms with E-state index in [0.29, 0.717) is 5.02 Å². The molecule has 21 heavy (non-hydrogen) atoms. The largest absolute Gasteiger partial charge is 0.323 e. The number of halogens is 3. The van der Waals surface area contributed by atoms with E-state index in [9.17, 15) is 0 Å². The summed E-state index contributed by atoms with van der Waals surface area (Å²) in [6, 6.07) is 5.29. The minimum absolute atomic E-state index is 0.0445. The molecule has 0 aliphatic heterocycles. The van der Waals surface area contributed by atoms with Gasteiger partial charge in [0.15, 0.2) is 0 Å². The van der Waals surface area contributed by atoms with Gasteiger partial charge >= 0.3 is 0 Å². The molecule has 0 aliphatic carbocycles. The van der Waals surface area contributed by atoms with Crippen molar-refractivity contribution in [2.24, 2.45) is 0 Å². The number of hydrogen-bond donors (Lipinski definition) is 1. The van der Waals surface area contributed by atoms with Crippen molar-refractivity contribution in [3.63, 3.8) is 0 Å². The number of nitrogens with one attached hydrogen (secondary N) is 1. The molecule has 0 fully saturated rings. The zero-order chi connectivity index (χ0) is 14.8. The van der Waals surface area contributed by atoms with E-state index in [4.69, 9.17) is 23.2 Å². The Morgan fingerprint density at radius 2 is 2.00 bits per heavy atom. The molecule has 0 saturated carbocycles. The van der Waals surface area contributed by atoms with Crippen molar-refractivity contribution in [3.05, 3.63) is 45.6 Å². The van der Waals surface area contributed by atoms with Crippen molar-refractivity contribution in [2.45, 2.75) is 0 Å². The molecule has 0 unspecified atom stereocenters. The van der Waals surface area contributed by atoms with E-state index in [-0.39, 0.29) is 17.2 Å². The molecule has 106 valence electrons. The van der Waals surface area contributed by atoms with Gasteiger partial charge in [-0.05, 0) is 45.7 Å². The van der Waals surface area contributed by atoms with Gasteiger partial charge in [-0.1, -0.05) is 11.6 Å². The lowest BCUT2D eigenvalue weighted by Gasteiger charge is -2.08. The summed E-state index contributed by atoms with van der Waals surface area (Å²) in [6.45, 7) is 0. The van der Waals surface area contributed by atoms with Gasteiger partial charge in [0.25, 0.3) is 5.95 Å². The fourth-order valence-electron chi connectivity index (χ4n) is 1.52. The van der Waals surface area contributed by atoms with Crippen LogP contribution in [-0.4, -0.2) is 29.7 Å². The third-order valence-electron chi connectivity index (χ3n) is 2.40. The van der Waals surface area contributed by atoms with E-state index in [0.717, 1.165) is 10.2 Å². The SMILES string of the molecule is Clc1ccc(Nc2nc(Cl)nc(-n3cncn3)n2)c(Br)c1. The van der Waals surface area contributed by atoms with Crippen LogP contribution in [-0.2, 0) is 0 Å². The molecule has 0 radical (unpaired) electrons. The first kappa shape index (κ1) is 14.2. The second-order valence-corrected chi connectivity index (χ2v) is 5.45. The zero-order valence-corrected chi connectivity index (χ0v) is 13.3. The van der Waals surface area contributed by atoms with E-state index in [2.05, 4.69) is 46.3 Å². The molecule has 10 heteroatoms. The van der Waals surface area contributed by atoms with Gasteiger partial charge < -0.3 is 5.32 Å². The van der Waals surface area contributed by atoms with E-state index in [1.54, 1.807) is 18.2 Å². The summed E-state index contributed by atoms with van der Waals surface area (Å²) < 4.78 is 2.16. The molecule has 0 bridgehead atoms. The van der Waals surface area contributed by atoms with Crippen LogP contribution in [0, 0.1) is 0 Å². The zero-order valence-electron chi connectivity index (χ0n) is 10.2. The van der Waals surface area contributed by atoms with Gasteiger partial charge in [0.05, 0.1) is 5.69 Å². The van der Waals surface area contributed by atoms with Crippen molar-refractivity contribution in [3.8, 4) is 5.95 Å². The summed E-state index contributed by atoms with van der Waals surface area (Å²) in [5, 5.41) is 7.63. The molecule has 0 amide bonds. The molecule has 2 heterocycles. The Bertz CT molecular complexity index is 778. The van der Waals surface area contributed by atoms with E-state index >= 15 is 0 Å². The van der Waals surface area contributed by atoms with Crippen LogP contribution in [0.15, 0.2) is 35.3 Å². The topological polar surface area (TPSA) is 81.4 Å². The van der Waals surface area contributed by atoms with Crippen molar-refractivity contribution >= 4 is 50.8 Å². The molecule has 0 aliphatic rings. The first-order valence-corrected chi connectivity index (χ1v) is 7.15. The Balaban J connectivity index is 1.95. The Hall–Kier alpha value is -1.77. The molecular formula is C11H6BrCl2N7. The van der Waals surface area contributed by atoms with Crippen LogP contribution in [0.1, 0.15) is 0 Å². The van der Waals surface area contributed by atoms with Crippen LogP contribution in [0.4, 0.5) is 11.6 Å². The van der Waals surface area contributed by atoms with Gasteiger partial charge in [0.1, 0.15) is 12.7 Å². The average Bonchev–Trinajstić information content (AvgIpc) is 2.95. The van der Waals surface area contributed by atoms with Gasteiger partial charge in [-0.25, -0.2) is 4.98 Å². The van der Waals surface area contributed by atoms with Crippen LogP contribution in [0.25, 0.3) is 5.95 Å².